The van der Waals surface area contributed by atoms with Gasteiger partial charge in [0.2, 0.25) is 5.91 Å². The topological polar surface area (TPSA) is 46.3 Å². The maximum Gasteiger partial charge on any atom is 0.239 e. The fourth-order valence-electron chi connectivity index (χ4n) is 3.31. The lowest BCUT2D eigenvalue weighted by molar-refractivity contribution is -0.137. The van der Waals surface area contributed by atoms with Crippen molar-refractivity contribution in [2.45, 2.75) is 50.6 Å². The van der Waals surface area contributed by atoms with Crippen LogP contribution in [-0.2, 0) is 4.79 Å². The van der Waals surface area contributed by atoms with Crippen molar-refractivity contribution in [1.29, 1.82) is 0 Å². The van der Waals surface area contributed by atoms with Crippen LogP contribution in [0.15, 0.2) is 0 Å². The van der Waals surface area contributed by atoms with Gasteiger partial charge < -0.3 is 10.6 Å². The molecule has 0 aromatic rings. The van der Waals surface area contributed by atoms with E-state index >= 15 is 0 Å². The predicted molar refractivity (Wildman–Crippen MR) is 73.1 cm³/mol. The molecular weight excluding hydrogens is 232 g/mol. The van der Waals surface area contributed by atoms with Gasteiger partial charge in [-0.15, -0.1) is 0 Å². The standard InChI is InChI=1S/C13H24N2OS/c1-17-9-7-11(14)13(16)15-8-3-5-10-4-2-6-12(10)15/h10-12H,2-9,14H2,1H3/t10?,11-,12?/m0/s1. The third-order valence-electron chi connectivity index (χ3n) is 4.23. The van der Waals surface area contributed by atoms with E-state index in [0.29, 0.717) is 6.04 Å². The normalized spacial score (nSPS) is 30.1. The van der Waals surface area contributed by atoms with Crippen molar-refractivity contribution in [2.24, 2.45) is 11.7 Å². The lowest BCUT2D eigenvalue weighted by atomic mass is 9.91. The van der Waals surface area contributed by atoms with Crippen molar-refractivity contribution in [3.8, 4) is 0 Å². The summed E-state index contributed by atoms with van der Waals surface area (Å²) >= 11 is 1.76. The van der Waals surface area contributed by atoms with Crippen molar-refractivity contribution in [3.63, 3.8) is 0 Å². The van der Waals surface area contributed by atoms with E-state index in [1.165, 1.54) is 32.1 Å². The lowest BCUT2D eigenvalue weighted by Gasteiger charge is -2.39. The summed E-state index contributed by atoms with van der Waals surface area (Å²) in [4.78, 5) is 14.4. The molecule has 1 heterocycles. The van der Waals surface area contributed by atoms with E-state index in [9.17, 15) is 4.79 Å². The Hall–Kier alpha value is -0.220. The molecule has 1 saturated heterocycles. The molecular formula is C13H24N2OS. The van der Waals surface area contributed by atoms with Gasteiger partial charge in [-0.2, -0.15) is 11.8 Å². The van der Waals surface area contributed by atoms with E-state index in [2.05, 4.69) is 11.2 Å². The van der Waals surface area contributed by atoms with Crippen LogP contribution in [0.2, 0.25) is 0 Å². The van der Waals surface area contributed by atoms with Crippen LogP contribution in [0.25, 0.3) is 0 Å². The minimum atomic E-state index is -0.276. The minimum Gasteiger partial charge on any atom is -0.338 e. The Kier molecular flexibility index (Phi) is 4.74. The van der Waals surface area contributed by atoms with Crippen LogP contribution >= 0.6 is 11.8 Å². The molecule has 2 unspecified atom stereocenters. The van der Waals surface area contributed by atoms with E-state index in [4.69, 9.17) is 5.73 Å². The Balaban J connectivity index is 1.93. The van der Waals surface area contributed by atoms with Crippen molar-refractivity contribution >= 4 is 17.7 Å². The van der Waals surface area contributed by atoms with Gasteiger partial charge in [-0.3, -0.25) is 4.79 Å². The molecule has 17 heavy (non-hydrogen) atoms. The summed E-state index contributed by atoms with van der Waals surface area (Å²) in [5.74, 6) is 1.95. The van der Waals surface area contributed by atoms with Crippen LogP contribution in [-0.4, -0.2) is 41.4 Å². The summed E-state index contributed by atoms with van der Waals surface area (Å²) in [5.41, 5.74) is 6.01. The van der Waals surface area contributed by atoms with E-state index in [0.717, 1.165) is 24.6 Å². The number of thioether (sulfide) groups is 1. The number of carbonyl (C=O) groups is 1. The smallest absolute Gasteiger partial charge is 0.239 e. The second kappa shape index (κ2) is 6.10. The number of carbonyl (C=O) groups excluding carboxylic acids is 1. The van der Waals surface area contributed by atoms with Gasteiger partial charge >= 0.3 is 0 Å². The van der Waals surface area contributed by atoms with Gasteiger partial charge in [-0.1, -0.05) is 6.42 Å². The van der Waals surface area contributed by atoms with Crippen molar-refractivity contribution in [2.75, 3.05) is 18.6 Å². The van der Waals surface area contributed by atoms with Gasteiger partial charge in [0.25, 0.3) is 0 Å². The first-order valence-corrected chi connectivity index (χ1v) is 8.18. The zero-order valence-corrected chi connectivity index (χ0v) is 11.5. The van der Waals surface area contributed by atoms with Crippen LogP contribution in [0, 0.1) is 5.92 Å². The van der Waals surface area contributed by atoms with E-state index in [-0.39, 0.29) is 11.9 Å². The van der Waals surface area contributed by atoms with Crippen molar-refractivity contribution < 1.29 is 4.79 Å². The van der Waals surface area contributed by atoms with Crippen LogP contribution in [0.3, 0.4) is 0 Å². The van der Waals surface area contributed by atoms with Gasteiger partial charge in [-0.25, -0.2) is 0 Å². The maximum atomic E-state index is 12.3. The molecule has 0 aromatic heterocycles. The van der Waals surface area contributed by atoms with Gasteiger partial charge in [0, 0.05) is 12.6 Å². The molecule has 2 N–H and O–H groups in total. The van der Waals surface area contributed by atoms with Crippen LogP contribution in [0.5, 0.6) is 0 Å². The number of nitrogens with zero attached hydrogens (tertiary/aromatic N) is 1. The fourth-order valence-corrected chi connectivity index (χ4v) is 3.80. The molecule has 1 aliphatic carbocycles. The van der Waals surface area contributed by atoms with E-state index in [1.54, 1.807) is 11.8 Å². The number of piperidine rings is 1. The molecule has 0 radical (unpaired) electrons. The molecule has 2 aliphatic rings. The lowest BCUT2D eigenvalue weighted by Crippen LogP contribution is -2.52. The Morgan fingerprint density at radius 1 is 1.41 bits per heavy atom. The van der Waals surface area contributed by atoms with E-state index < -0.39 is 0 Å². The molecule has 4 heteroatoms. The number of amides is 1. The van der Waals surface area contributed by atoms with E-state index in [1.807, 2.05) is 0 Å². The first-order valence-electron chi connectivity index (χ1n) is 6.79. The number of nitrogens with two attached hydrogens (primary N) is 1. The minimum absolute atomic E-state index is 0.204. The maximum absolute atomic E-state index is 12.3. The molecule has 2 rings (SSSR count). The zero-order chi connectivity index (χ0) is 12.3. The Bertz CT molecular complexity index is 272. The summed E-state index contributed by atoms with van der Waals surface area (Å²) in [6, 6.07) is 0.235. The Morgan fingerprint density at radius 3 is 2.94 bits per heavy atom. The first-order chi connectivity index (χ1) is 8.24. The number of hydrogen-bond acceptors (Lipinski definition) is 3. The number of likely N-dealkylation sites (tertiary alicyclic amines) is 1. The molecule has 0 bridgehead atoms. The van der Waals surface area contributed by atoms with Crippen LogP contribution < -0.4 is 5.73 Å². The summed E-state index contributed by atoms with van der Waals surface area (Å²) in [7, 11) is 0. The summed E-state index contributed by atoms with van der Waals surface area (Å²) < 4.78 is 0. The monoisotopic (exact) mass is 256 g/mol. The highest BCUT2D eigenvalue weighted by Crippen LogP contribution is 2.36. The van der Waals surface area contributed by atoms with Gasteiger partial charge in [0.1, 0.15) is 0 Å². The van der Waals surface area contributed by atoms with Gasteiger partial charge in [0.15, 0.2) is 0 Å². The molecule has 0 spiro atoms. The molecule has 3 atom stereocenters. The largest absolute Gasteiger partial charge is 0.338 e. The molecule has 1 amide bonds. The fraction of sp³-hybridized carbons (Fsp3) is 0.923. The quantitative estimate of drug-likeness (QED) is 0.835. The second-order valence-electron chi connectivity index (χ2n) is 5.32. The number of hydrogen-bond donors (Lipinski definition) is 1. The molecule has 2 fully saturated rings. The molecule has 1 saturated carbocycles. The van der Waals surface area contributed by atoms with Crippen LogP contribution in [0.4, 0.5) is 0 Å². The highest BCUT2D eigenvalue weighted by atomic mass is 32.2. The third-order valence-corrected chi connectivity index (χ3v) is 4.87. The zero-order valence-electron chi connectivity index (χ0n) is 10.7. The number of rotatable bonds is 4. The Morgan fingerprint density at radius 2 is 2.18 bits per heavy atom. The average molecular weight is 256 g/mol. The number of fused-ring (bicyclic) bond motifs is 1. The molecule has 1 aliphatic heterocycles. The SMILES string of the molecule is CSCC[C@H](N)C(=O)N1CCCC2CCCC21. The summed E-state index contributed by atoms with van der Waals surface area (Å²) in [5, 5.41) is 0. The molecule has 0 aromatic carbocycles. The third kappa shape index (κ3) is 2.97. The average Bonchev–Trinajstić information content (AvgIpc) is 2.82. The summed E-state index contributed by atoms with van der Waals surface area (Å²) in [6.45, 7) is 0.937. The van der Waals surface area contributed by atoms with Crippen molar-refractivity contribution in [3.05, 3.63) is 0 Å². The molecule has 3 nitrogen and oxygen atoms in total. The highest BCUT2D eigenvalue weighted by molar-refractivity contribution is 7.98. The predicted octanol–water partition coefficient (Wildman–Crippen LogP) is 1.86. The first kappa shape index (κ1) is 13.2. The van der Waals surface area contributed by atoms with Crippen LogP contribution in [0.1, 0.15) is 38.5 Å². The van der Waals surface area contributed by atoms with Gasteiger partial charge in [-0.05, 0) is 50.0 Å². The summed E-state index contributed by atoms with van der Waals surface area (Å²) in [6.07, 6.45) is 9.16. The van der Waals surface area contributed by atoms with Gasteiger partial charge in [0.05, 0.1) is 6.04 Å². The Labute approximate surface area is 108 Å². The van der Waals surface area contributed by atoms with Crippen molar-refractivity contribution in [1.82, 2.24) is 4.90 Å². The second-order valence-corrected chi connectivity index (χ2v) is 6.31. The highest BCUT2D eigenvalue weighted by Gasteiger charge is 2.38. The molecule has 98 valence electrons.